The molecule has 0 aliphatic heterocycles. The van der Waals surface area contributed by atoms with Gasteiger partial charge in [-0.2, -0.15) is 0 Å². The zero-order chi connectivity index (χ0) is 22.6. The van der Waals surface area contributed by atoms with Crippen LogP contribution < -0.4 is 5.32 Å². The highest BCUT2D eigenvalue weighted by Crippen LogP contribution is 2.34. The van der Waals surface area contributed by atoms with Crippen LogP contribution in [0, 0.1) is 29.6 Å². The molecule has 31 heavy (non-hydrogen) atoms. The van der Waals surface area contributed by atoms with E-state index in [-0.39, 0.29) is 12.0 Å². The van der Waals surface area contributed by atoms with Gasteiger partial charge in [0.2, 0.25) is 0 Å². The van der Waals surface area contributed by atoms with Crippen LogP contribution in [0.3, 0.4) is 0 Å². The van der Waals surface area contributed by atoms with E-state index in [0.29, 0.717) is 30.8 Å². The van der Waals surface area contributed by atoms with Crippen molar-refractivity contribution in [2.75, 3.05) is 13.2 Å². The minimum absolute atomic E-state index is 0.0637. The Morgan fingerprint density at radius 2 is 2.03 bits per heavy atom. The smallest absolute Gasteiger partial charge is 0.140 e. The lowest BCUT2D eigenvalue weighted by Gasteiger charge is -2.35. The topological polar surface area (TPSA) is 38.3 Å². The van der Waals surface area contributed by atoms with E-state index in [1.54, 1.807) is 6.08 Å². The number of ketones is 1. The molecule has 0 aromatic carbocycles. The van der Waals surface area contributed by atoms with Crippen LogP contribution in [-0.4, -0.2) is 31.1 Å². The highest BCUT2D eigenvalue weighted by molar-refractivity contribution is 5.81. The van der Waals surface area contributed by atoms with E-state index in [1.807, 2.05) is 0 Å². The molecule has 0 bridgehead atoms. The van der Waals surface area contributed by atoms with Crippen molar-refractivity contribution in [1.29, 1.82) is 0 Å². The number of Topliss-reactive ketones (excluding diaryl/α,β-unsaturated/α-hetero) is 1. The molecule has 0 saturated heterocycles. The molecule has 3 nitrogen and oxygen atoms in total. The number of carbonyl (C=O) groups is 1. The summed E-state index contributed by atoms with van der Waals surface area (Å²) in [5, 5.41) is 3.78. The predicted octanol–water partition coefficient (Wildman–Crippen LogP) is 6.51. The molecular formula is C28H47NO2. The van der Waals surface area contributed by atoms with Crippen molar-refractivity contribution in [2.24, 2.45) is 29.6 Å². The van der Waals surface area contributed by atoms with Crippen molar-refractivity contribution in [3.63, 3.8) is 0 Å². The Hall–Kier alpha value is -1.19. The van der Waals surface area contributed by atoms with Crippen molar-refractivity contribution >= 4 is 5.78 Å². The lowest BCUT2D eigenvalue weighted by molar-refractivity contribution is -0.125. The summed E-state index contributed by atoms with van der Waals surface area (Å²) in [6.07, 6.45) is 18.9. The van der Waals surface area contributed by atoms with Gasteiger partial charge in [-0.1, -0.05) is 64.5 Å². The van der Waals surface area contributed by atoms with E-state index in [9.17, 15) is 4.79 Å². The average Bonchev–Trinajstić information content (AvgIpc) is 2.77. The van der Waals surface area contributed by atoms with Crippen molar-refractivity contribution in [3.05, 3.63) is 37.0 Å². The summed E-state index contributed by atoms with van der Waals surface area (Å²) in [7, 11) is 0. The molecule has 7 unspecified atom stereocenters. The van der Waals surface area contributed by atoms with Gasteiger partial charge in [0.1, 0.15) is 5.78 Å². The maximum atomic E-state index is 13.0. The minimum atomic E-state index is -0.185. The van der Waals surface area contributed by atoms with Gasteiger partial charge in [0, 0.05) is 30.8 Å². The molecule has 0 spiro atoms. The fraction of sp³-hybridized carbons (Fsp3) is 0.750. The van der Waals surface area contributed by atoms with Crippen LogP contribution in [0.1, 0.15) is 79.1 Å². The Bertz CT molecular complexity index is 596. The van der Waals surface area contributed by atoms with E-state index >= 15 is 0 Å². The van der Waals surface area contributed by atoms with E-state index in [0.717, 1.165) is 37.1 Å². The number of allylic oxidation sites excluding steroid dienone is 3. The first kappa shape index (κ1) is 26.1. The monoisotopic (exact) mass is 429 g/mol. The van der Waals surface area contributed by atoms with Gasteiger partial charge in [-0.3, -0.25) is 4.79 Å². The summed E-state index contributed by atoms with van der Waals surface area (Å²) in [5.41, 5.74) is 0. The standard InChI is InChI=1S/C28H47NO2/c1-6-21(4)14-24-15-22(5)16-26(17-24)29-19-25(7-2)28(30)18-27(8-3)31-20-23-12-10-9-11-13-23/h8-12,21-27,29H,3,6-7,13-20H2,1-2,4-5H3. The maximum absolute atomic E-state index is 13.0. The number of nitrogens with one attached hydrogen (secondary N) is 1. The van der Waals surface area contributed by atoms with Gasteiger partial charge in [0.25, 0.3) is 0 Å². The Kier molecular flexibility index (Phi) is 11.8. The number of hydrogen-bond donors (Lipinski definition) is 1. The van der Waals surface area contributed by atoms with Crippen LogP contribution in [0.2, 0.25) is 0 Å². The fourth-order valence-corrected chi connectivity index (χ4v) is 5.21. The molecule has 1 saturated carbocycles. The van der Waals surface area contributed by atoms with Crippen LogP contribution in [-0.2, 0) is 9.53 Å². The molecule has 0 aromatic heterocycles. The van der Waals surface area contributed by atoms with Crippen LogP contribution >= 0.6 is 0 Å². The third-order valence-corrected chi connectivity index (χ3v) is 7.33. The van der Waals surface area contributed by atoms with Crippen LogP contribution in [0.5, 0.6) is 0 Å². The van der Waals surface area contributed by atoms with Crippen molar-refractivity contribution < 1.29 is 9.53 Å². The lowest BCUT2D eigenvalue weighted by Crippen LogP contribution is -2.41. The molecule has 176 valence electrons. The fourth-order valence-electron chi connectivity index (χ4n) is 5.21. The molecule has 7 atom stereocenters. The van der Waals surface area contributed by atoms with Crippen molar-refractivity contribution in [2.45, 2.75) is 91.2 Å². The third kappa shape index (κ3) is 9.45. The van der Waals surface area contributed by atoms with Gasteiger partial charge < -0.3 is 10.1 Å². The second-order valence-electron chi connectivity index (χ2n) is 10.2. The van der Waals surface area contributed by atoms with Gasteiger partial charge >= 0.3 is 0 Å². The molecule has 0 aromatic rings. The normalized spacial score (nSPS) is 28.8. The predicted molar refractivity (Wildman–Crippen MR) is 132 cm³/mol. The summed E-state index contributed by atoms with van der Waals surface area (Å²) in [5.74, 6) is 3.19. The molecule has 0 radical (unpaired) electrons. The molecule has 3 heteroatoms. The molecule has 2 aliphatic rings. The van der Waals surface area contributed by atoms with Crippen LogP contribution in [0.4, 0.5) is 0 Å². The lowest BCUT2D eigenvalue weighted by atomic mass is 9.75. The van der Waals surface area contributed by atoms with Gasteiger partial charge in [-0.15, -0.1) is 6.58 Å². The number of ether oxygens (including phenoxy) is 1. The van der Waals surface area contributed by atoms with E-state index in [2.05, 4.69) is 63.9 Å². The zero-order valence-electron chi connectivity index (χ0n) is 20.5. The Morgan fingerprint density at radius 1 is 1.23 bits per heavy atom. The second-order valence-corrected chi connectivity index (χ2v) is 10.2. The molecule has 2 aliphatic carbocycles. The number of carbonyl (C=O) groups excluding carboxylic acids is 1. The summed E-state index contributed by atoms with van der Waals surface area (Å²) in [4.78, 5) is 13.0. The van der Waals surface area contributed by atoms with Gasteiger partial charge in [-0.05, 0) is 56.3 Å². The Labute approximate surface area is 191 Å². The first-order chi connectivity index (χ1) is 14.9. The van der Waals surface area contributed by atoms with Gasteiger partial charge in [0.05, 0.1) is 12.7 Å². The quantitative estimate of drug-likeness (QED) is 0.320. The van der Waals surface area contributed by atoms with Crippen molar-refractivity contribution in [3.8, 4) is 0 Å². The summed E-state index contributed by atoms with van der Waals surface area (Å²) in [6.45, 7) is 14.5. The minimum Gasteiger partial charge on any atom is -0.373 e. The number of rotatable bonds is 14. The maximum Gasteiger partial charge on any atom is 0.140 e. The van der Waals surface area contributed by atoms with E-state index < -0.39 is 0 Å². The first-order valence-electron chi connectivity index (χ1n) is 12.8. The van der Waals surface area contributed by atoms with E-state index in [4.69, 9.17) is 4.74 Å². The Morgan fingerprint density at radius 3 is 2.68 bits per heavy atom. The van der Waals surface area contributed by atoms with Crippen molar-refractivity contribution in [1.82, 2.24) is 5.32 Å². The van der Waals surface area contributed by atoms with E-state index in [1.165, 1.54) is 32.1 Å². The SMILES string of the molecule is C=CC(CC(=O)C(CC)CNC1CC(C)CC(CC(C)CC)C1)OCC1C=CC=CC1. The van der Waals surface area contributed by atoms with Gasteiger partial charge in [0.15, 0.2) is 0 Å². The molecular weight excluding hydrogens is 382 g/mol. The summed E-state index contributed by atoms with van der Waals surface area (Å²) < 4.78 is 6.02. The highest BCUT2D eigenvalue weighted by Gasteiger charge is 2.28. The summed E-state index contributed by atoms with van der Waals surface area (Å²) >= 11 is 0. The van der Waals surface area contributed by atoms with Crippen LogP contribution in [0.25, 0.3) is 0 Å². The Balaban J connectivity index is 1.78. The van der Waals surface area contributed by atoms with Gasteiger partial charge in [-0.25, -0.2) is 0 Å². The first-order valence-corrected chi connectivity index (χ1v) is 12.8. The second kappa shape index (κ2) is 14.1. The third-order valence-electron chi connectivity index (χ3n) is 7.33. The molecule has 2 rings (SSSR count). The highest BCUT2D eigenvalue weighted by atomic mass is 16.5. The largest absolute Gasteiger partial charge is 0.373 e. The molecule has 1 N–H and O–H groups in total. The molecule has 0 heterocycles. The molecule has 0 amide bonds. The summed E-state index contributed by atoms with van der Waals surface area (Å²) in [6, 6.07) is 0.553. The average molecular weight is 430 g/mol. The zero-order valence-corrected chi connectivity index (χ0v) is 20.5. The number of hydrogen-bond acceptors (Lipinski definition) is 3. The molecule has 1 fully saturated rings. The van der Waals surface area contributed by atoms with Crippen LogP contribution in [0.15, 0.2) is 37.0 Å².